The predicted octanol–water partition coefficient (Wildman–Crippen LogP) is 15.7. The lowest BCUT2D eigenvalue weighted by molar-refractivity contribution is -0.301. The highest BCUT2D eigenvalue weighted by Crippen LogP contribution is 2.26. The van der Waals surface area contributed by atoms with Gasteiger partial charge >= 0.3 is 23.9 Å². The van der Waals surface area contributed by atoms with E-state index in [2.05, 4.69) is 118 Å². The van der Waals surface area contributed by atoms with Crippen LogP contribution in [0.4, 0.5) is 0 Å². The van der Waals surface area contributed by atoms with E-state index >= 15 is 0 Å². The van der Waals surface area contributed by atoms with E-state index in [-0.39, 0.29) is 25.9 Å². The number of esters is 3. The average molecular weight is 1080 g/mol. The van der Waals surface area contributed by atoms with Crippen molar-refractivity contribution in [2.45, 2.75) is 276 Å². The number of unbranched alkanes of at least 4 members (excludes halogenated alkanes) is 20. The first-order chi connectivity index (χ1) is 37.6. The van der Waals surface area contributed by atoms with Gasteiger partial charge in [-0.15, -0.1) is 0 Å². The largest absolute Gasteiger partial charge is 0.479 e. The molecule has 6 unspecified atom stereocenters. The van der Waals surface area contributed by atoms with Crippen LogP contribution in [0.2, 0.25) is 0 Å². The van der Waals surface area contributed by atoms with E-state index in [1.165, 1.54) is 32.1 Å². The molecule has 0 aromatic carbocycles. The highest BCUT2D eigenvalue weighted by Gasteiger charge is 2.50. The number of hydrogen-bond donors (Lipinski definition) is 3. The number of carbonyl (C=O) groups is 4. The molecule has 1 saturated heterocycles. The van der Waals surface area contributed by atoms with Gasteiger partial charge in [0.25, 0.3) is 0 Å². The summed E-state index contributed by atoms with van der Waals surface area (Å²) in [5.41, 5.74) is 0. The second kappa shape index (κ2) is 52.3. The summed E-state index contributed by atoms with van der Waals surface area (Å²) in [6.45, 7) is 5.77. The molecule has 12 nitrogen and oxygen atoms in total. The maximum atomic E-state index is 13.2. The van der Waals surface area contributed by atoms with Crippen molar-refractivity contribution in [1.82, 2.24) is 0 Å². The predicted molar refractivity (Wildman–Crippen MR) is 312 cm³/mol. The Morgan fingerprint density at radius 3 is 1.31 bits per heavy atom. The van der Waals surface area contributed by atoms with Crippen molar-refractivity contribution >= 4 is 23.9 Å². The molecule has 77 heavy (non-hydrogen) atoms. The third-order valence-corrected chi connectivity index (χ3v) is 13.1. The molecule has 3 N–H and O–H groups in total. The third-order valence-electron chi connectivity index (χ3n) is 13.1. The van der Waals surface area contributed by atoms with Crippen molar-refractivity contribution in [2.75, 3.05) is 13.2 Å². The van der Waals surface area contributed by atoms with Gasteiger partial charge in [-0.2, -0.15) is 0 Å². The van der Waals surface area contributed by atoms with E-state index in [0.717, 1.165) is 148 Å². The Bertz CT molecular complexity index is 1710. The molecule has 1 rings (SSSR count). The molecule has 1 heterocycles. The van der Waals surface area contributed by atoms with Gasteiger partial charge in [0.2, 0.25) is 0 Å². The Hall–Kier alpha value is -4.36. The molecule has 0 spiro atoms. The Labute approximate surface area is 466 Å². The van der Waals surface area contributed by atoms with Crippen LogP contribution in [0.5, 0.6) is 0 Å². The highest BCUT2D eigenvalue weighted by atomic mass is 16.7. The van der Waals surface area contributed by atoms with Crippen LogP contribution in [-0.4, -0.2) is 89.2 Å². The molecule has 1 aliphatic rings. The molecule has 1 aliphatic heterocycles. The van der Waals surface area contributed by atoms with Crippen LogP contribution < -0.4 is 0 Å². The number of carboxylic acid groups (broad SMARTS) is 1. The van der Waals surface area contributed by atoms with Crippen LogP contribution in [-0.2, 0) is 42.9 Å². The minimum atomic E-state index is -1.91. The zero-order valence-corrected chi connectivity index (χ0v) is 48.2. The molecule has 0 amide bonds. The van der Waals surface area contributed by atoms with Crippen molar-refractivity contribution < 1.29 is 58.2 Å². The fraction of sp³-hybridized carbons (Fsp3) is 0.692. The number of aliphatic hydroxyl groups excluding tert-OH is 2. The van der Waals surface area contributed by atoms with E-state index in [1.54, 1.807) is 0 Å². The van der Waals surface area contributed by atoms with Crippen LogP contribution in [0.15, 0.2) is 97.2 Å². The molecular formula is C65H106O12. The number of aliphatic carboxylic acids is 1. The molecule has 0 aliphatic carbocycles. The van der Waals surface area contributed by atoms with Crippen LogP contribution in [0, 0.1) is 0 Å². The molecule has 12 heteroatoms. The standard InChI is InChI=1S/C65H106O12/c1-4-7-10-13-16-19-22-24-26-28-29-31-32-34-37-39-42-45-48-51-57(66)73-54-56(75-58(67)52-49-46-43-41-38-35-33-30-27-25-23-20-17-14-11-8-5-2)55-74-65-63(61(70)60(69)62(77-65)64(71)72)76-59(68)53-50-47-44-40-36-21-18-15-12-9-6-3/h7,10,15-20,24-27,29,31,34,37,56,60-63,65,69-70H,4-6,8-9,11-14,21-23,28,30,32-33,35-36,38-55H2,1-3H3,(H,71,72)/b10-7-,18-15-,19-16-,20-17-,26-24-,27-25-,31-29-,37-34-. The second-order valence-corrected chi connectivity index (χ2v) is 20.2. The Morgan fingerprint density at radius 2 is 0.831 bits per heavy atom. The second-order valence-electron chi connectivity index (χ2n) is 20.2. The molecule has 438 valence electrons. The molecule has 0 bridgehead atoms. The van der Waals surface area contributed by atoms with Crippen molar-refractivity contribution in [3.63, 3.8) is 0 Å². The van der Waals surface area contributed by atoms with Crippen molar-refractivity contribution in [3.05, 3.63) is 97.2 Å². The summed E-state index contributed by atoms with van der Waals surface area (Å²) in [6.07, 6.45) is 56.6. The Kier molecular flexibility index (Phi) is 48.0. The van der Waals surface area contributed by atoms with Gasteiger partial charge in [0.15, 0.2) is 24.6 Å². The lowest BCUT2D eigenvalue weighted by Gasteiger charge is -2.40. The van der Waals surface area contributed by atoms with Crippen LogP contribution in [0.1, 0.15) is 239 Å². The lowest BCUT2D eigenvalue weighted by atomic mass is 9.98. The summed E-state index contributed by atoms with van der Waals surface area (Å²) in [4.78, 5) is 51.1. The smallest absolute Gasteiger partial charge is 0.335 e. The SMILES string of the molecule is CC/C=C\C/C=C\C/C=C\C/C=C\C/C=C\CCCCCC(=O)OCC(COC1OC(C(=O)O)C(O)C(O)C1OC(=O)CCCCCCC/C=C\CCCC)OC(=O)CCCCCCCCC/C=C\C/C=C\CCCCC. The fourth-order valence-corrected chi connectivity index (χ4v) is 8.46. The molecule has 0 aromatic rings. The number of carboxylic acids is 1. The van der Waals surface area contributed by atoms with Gasteiger partial charge in [0, 0.05) is 19.3 Å². The molecule has 0 radical (unpaired) electrons. The maximum Gasteiger partial charge on any atom is 0.335 e. The van der Waals surface area contributed by atoms with Crippen molar-refractivity contribution in [2.24, 2.45) is 0 Å². The van der Waals surface area contributed by atoms with Crippen LogP contribution >= 0.6 is 0 Å². The Balaban J connectivity index is 2.71. The summed E-state index contributed by atoms with van der Waals surface area (Å²) in [5, 5.41) is 31.5. The number of ether oxygens (including phenoxy) is 5. The van der Waals surface area contributed by atoms with E-state index in [0.29, 0.717) is 19.3 Å². The summed E-state index contributed by atoms with van der Waals surface area (Å²) in [6, 6.07) is 0. The van der Waals surface area contributed by atoms with E-state index in [4.69, 9.17) is 23.7 Å². The third kappa shape index (κ3) is 42.3. The first-order valence-electron chi connectivity index (χ1n) is 30.2. The van der Waals surface area contributed by atoms with Gasteiger partial charge in [0.1, 0.15) is 18.8 Å². The van der Waals surface area contributed by atoms with Gasteiger partial charge in [-0.25, -0.2) is 4.79 Å². The summed E-state index contributed by atoms with van der Waals surface area (Å²) < 4.78 is 28.4. The first kappa shape index (κ1) is 70.7. The van der Waals surface area contributed by atoms with Gasteiger partial charge in [-0.05, 0) is 116 Å². The topological polar surface area (TPSA) is 175 Å². The highest BCUT2D eigenvalue weighted by molar-refractivity contribution is 5.74. The molecular weight excluding hydrogens is 973 g/mol. The van der Waals surface area contributed by atoms with E-state index < -0.39 is 67.3 Å². The quantitative estimate of drug-likeness (QED) is 0.0228. The number of hydrogen-bond acceptors (Lipinski definition) is 11. The van der Waals surface area contributed by atoms with E-state index in [1.807, 2.05) is 0 Å². The Morgan fingerprint density at radius 1 is 0.442 bits per heavy atom. The summed E-state index contributed by atoms with van der Waals surface area (Å²) in [7, 11) is 0. The normalized spacial score (nSPS) is 18.7. The summed E-state index contributed by atoms with van der Waals surface area (Å²) >= 11 is 0. The van der Waals surface area contributed by atoms with Crippen molar-refractivity contribution in [1.29, 1.82) is 0 Å². The minimum Gasteiger partial charge on any atom is -0.479 e. The van der Waals surface area contributed by atoms with Crippen LogP contribution in [0.3, 0.4) is 0 Å². The number of allylic oxidation sites excluding steroid dienone is 16. The van der Waals surface area contributed by atoms with Gasteiger partial charge in [0.05, 0.1) is 6.61 Å². The number of rotatable bonds is 50. The zero-order chi connectivity index (χ0) is 56.1. The first-order valence-corrected chi connectivity index (χ1v) is 30.2. The summed E-state index contributed by atoms with van der Waals surface area (Å²) in [5.74, 6) is -3.19. The maximum absolute atomic E-state index is 13.2. The number of aliphatic hydroxyl groups is 2. The molecule has 0 aromatic heterocycles. The van der Waals surface area contributed by atoms with Crippen LogP contribution in [0.25, 0.3) is 0 Å². The van der Waals surface area contributed by atoms with Gasteiger partial charge in [-0.1, -0.05) is 201 Å². The minimum absolute atomic E-state index is 0.0417. The molecule has 6 atom stereocenters. The average Bonchev–Trinajstić information content (AvgIpc) is 3.42. The zero-order valence-electron chi connectivity index (χ0n) is 48.2. The van der Waals surface area contributed by atoms with E-state index in [9.17, 15) is 34.5 Å². The molecule has 1 fully saturated rings. The van der Waals surface area contributed by atoms with Gasteiger partial charge < -0.3 is 39.0 Å². The van der Waals surface area contributed by atoms with Gasteiger partial charge in [-0.3, -0.25) is 14.4 Å². The fourth-order valence-electron chi connectivity index (χ4n) is 8.46. The molecule has 0 saturated carbocycles. The monoisotopic (exact) mass is 1080 g/mol. The van der Waals surface area contributed by atoms with Crippen molar-refractivity contribution in [3.8, 4) is 0 Å². The number of carbonyl (C=O) groups excluding carboxylic acids is 3. The lowest BCUT2D eigenvalue weighted by Crippen LogP contribution is -2.61.